The summed E-state index contributed by atoms with van der Waals surface area (Å²) in [5.74, 6) is 1.18. The van der Waals surface area contributed by atoms with Gasteiger partial charge in [-0.1, -0.05) is 6.92 Å². The summed E-state index contributed by atoms with van der Waals surface area (Å²) < 4.78 is 3.31. The fourth-order valence-electron chi connectivity index (χ4n) is 2.02. The molecule has 78 valence electrons. The van der Waals surface area contributed by atoms with E-state index in [0.29, 0.717) is 6.04 Å². The molecule has 1 atom stereocenters. The van der Waals surface area contributed by atoms with Crippen LogP contribution in [0.3, 0.4) is 0 Å². The van der Waals surface area contributed by atoms with Gasteiger partial charge in [-0.15, -0.1) is 0 Å². The van der Waals surface area contributed by atoms with Crippen molar-refractivity contribution >= 4 is 15.9 Å². The molecule has 1 aliphatic heterocycles. The lowest BCUT2D eigenvalue weighted by molar-refractivity contribution is 0.447. The standard InChI is InChI=1S/C10H16BrN3/c1-2-3-9-13-10(11)8-5-4-7(12)6-14(8)9/h7H,2-6,12H2,1H3. The smallest absolute Gasteiger partial charge is 0.127 e. The minimum absolute atomic E-state index is 0.305. The first-order valence-electron chi connectivity index (χ1n) is 5.21. The predicted molar refractivity (Wildman–Crippen MR) is 60.2 cm³/mol. The SMILES string of the molecule is CCCc1nc(Br)c2n1CC(N)CC2. The normalized spacial score (nSPS) is 20.9. The van der Waals surface area contributed by atoms with Crippen LogP contribution in [0.25, 0.3) is 0 Å². The number of nitrogens with two attached hydrogens (primary N) is 1. The van der Waals surface area contributed by atoms with Gasteiger partial charge in [0, 0.05) is 19.0 Å². The Morgan fingerprint density at radius 2 is 2.43 bits per heavy atom. The van der Waals surface area contributed by atoms with Gasteiger partial charge in [0.25, 0.3) is 0 Å². The zero-order valence-electron chi connectivity index (χ0n) is 8.46. The van der Waals surface area contributed by atoms with E-state index in [1.54, 1.807) is 0 Å². The van der Waals surface area contributed by atoms with Gasteiger partial charge in [0.2, 0.25) is 0 Å². The number of hydrogen-bond donors (Lipinski definition) is 1. The molecule has 1 aliphatic rings. The fourth-order valence-corrected chi connectivity index (χ4v) is 2.64. The summed E-state index contributed by atoms with van der Waals surface area (Å²) in [5.41, 5.74) is 7.29. The van der Waals surface area contributed by atoms with Crippen molar-refractivity contribution in [1.82, 2.24) is 9.55 Å². The maximum absolute atomic E-state index is 5.96. The number of imidazole rings is 1. The third kappa shape index (κ3) is 1.73. The topological polar surface area (TPSA) is 43.8 Å². The Bertz CT molecular complexity index is 332. The molecule has 0 aliphatic carbocycles. The van der Waals surface area contributed by atoms with Gasteiger partial charge in [-0.25, -0.2) is 4.98 Å². The molecule has 2 heterocycles. The highest BCUT2D eigenvalue weighted by Gasteiger charge is 2.21. The first-order chi connectivity index (χ1) is 6.72. The molecule has 3 nitrogen and oxygen atoms in total. The van der Waals surface area contributed by atoms with Gasteiger partial charge in [0.1, 0.15) is 10.4 Å². The van der Waals surface area contributed by atoms with E-state index in [0.717, 1.165) is 36.8 Å². The molecule has 0 aromatic carbocycles. The van der Waals surface area contributed by atoms with E-state index in [1.807, 2.05) is 0 Å². The van der Waals surface area contributed by atoms with Crippen LogP contribution >= 0.6 is 15.9 Å². The molecule has 14 heavy (non-hydrogen) atoms. The minimum atomic E-state index is 0.305. The van der Waals surface area contributed by atoms with Crippen LogP contribution in [0.1, 0.15) is 31.3 Å². The lowest BCUT2D eigenvalue weighted by Crippen LogP contribution is -2.32. The van der Waals surface area contributed by atoms with Crippen LogP contribution in [0.5, 0.6) is 0 Å². The molecule has 2 N–H and O–H groups in total. The van der Waals surface area contributed by atoms with Crippen molar-refractivity contribution < 1.29 is 0 Å². The van der Waals surface area contributed by atoms with Crippen molar-refractivity contribution in [2.75, 3.05) is 0 Å². The van der Waals surface area contributed by atoms with E-state index in [-0.39, 0.29) is 0 Å². The maximum atomic E-state index is 5.96. The van der Waals surface area contributed by atoms with Gasteiger partial charge in [-0.05, 0) is 35.2 Å². The number of nitrogens with zero attached hydrogens (tertiary/aromatic N) is 2. The third-order valence-electron chi connectivity index (χ3n) is 2.75. The summed E-state index contributed by atoms with van der Waals surface area (Å²) in [5, 5.41) is 0. The Morgan fingerprint density at radius 3 is 3.14 bits per heavy atom. The predicted octanol–water partition coefficient (Wildman–Crippen LogP) is 1.87. The molecule has 0 saturated carbocycles. The average Bonchev–Trinajstić information content (AvgIpc) is 2.44. The number of halogens is 1. The lowest BCUT2D eigenvalue weighted by atomic mass is 10.1. The van der Waals surface area contributed by atoms with Gasteiger partial charge in [-0.2, -0.15) is 0 Å². The first-order valence-corrected chi connectivity index (χ1v) is 6.01. The van der Waals surface area contributed by atoms with Crippen LogP contribution in [0.2, 0.25) is 0 Å². The molecule has 0 bridgehead atoms. The van der Waals surface area contributed by atoms with Crippen molar-refractivity contribution in [3.63, 3.8) is 0 Å². The Morgan fingerprint density at radius 1 is 1.64 bits per heavy atom. The van der Waals surface area contributed by atoms with Crippen molar-refractivity contribution in [1.29, 1.82) is 0 Å². The number of hydrogen-bond acceptors (Lipinski definition) is 2. The molecule has 0 amide bonds. The Labute approximate surface area is 92.8 Å². The van der Waals surface area contributed by atoms with Crippen molar-refractivity contribution in [3.8, 4) is 0 Å². The maximum Gasteiger partial charge on any atom is 0.127 e. The summed E-state index contributed by atoms with van der Waals surface area (Å²) in [4.78, 5) is 4.54. The molecule has 4 heteroatoms. The largest absolute Gasteiger partial charge is 0.329 e. The fraction of sp³-hybridized carbons (Fsp3) is 0.700. The molecule has 1 aromatic heterocycles. The van der Waals surface area contributed by atoms with E-state index in [2.05, 4.69) is 32.4 Å². The van der Waals surface area contributed by atoms with Gasteiger partial charge < -0.3 is 10.3 Å². The monoisotopic (exact) mass is 257 g/mol. The Hall–Kier alpha value is -0.350. The Balaban J connectivity index is 2.34. The molecule has 2 rings (SSSR count). The van der Waals surface area contributed by atoms with E-state index < -0.39 is 0 Å². The summed E-state index contributed by atoms with van der Waals surface area (Å²) in [7, 11) is 0. The van der Waals surface area contributed by atoms with E-state index in [9.17, 15) is 0 Å². The van der Waals surface area contributed by atoms with Gasteiger partial charge >= 0.3 is 0 Å². The molecule has 0 radical (unpaired) electrons. The first kappa shape index (κ1) is 10.2. The Kier molecular flexibility index (Phi) is 2.93. The second-order valence-corrected chi connectivity index (χ2v) is 4.68. The second-order valence-electron chi connectivity index (χ2n) is 3.92. The van der Waals surface area contributed by atoms with Crippen LogP contribution in [0.4, 0.5) is 0 Å². The third-order valence-corrected chi connectivity index (χ3v) is 3.38. The van der Waals surface area contributed by atoms with Crippen molar-refractivity contribution in [2.45, 2.75) is 45.2 Å². The summed E-state index contributed by atoms with van der Waals surface area (Å²) >= 11 is 3.52. The van der Waals surface area contributed by atoms with Crippen LogP contribution in [0, 0.1) is 0 Å². The quantitative estimate of drug-likeness (QED) is 0.880. The molecular weight excluding hydrogens is 242 g/mol. The lowest BCUT2D eigenvalue weighted by Gasteiger charge is -2.22. The van der Waals surface area contributed by atoms with Crippen LogP contribution in [-0.2, 0) is 19.4 Å². The molecule has 0 spiro atoms. The highest BCUT2D eigenvalue weighted by Crippen LogP contribution is 2.24. The van der Waals surface area contributed by atoms with Crippen LogP contribution in [0.15, 0.2) is 4.60 Å². The van der Waals surface area contributed by atoms with Crippen molar-refractivity contribution in [2.24, 2.45) is 5.73 Å². The van der Waals surface area contributed by atoms with Crippen molar-refractivity contribution in [3.05, 3.63) is 16.1 Å². The van der Waals surface area contributed by atoms with Crippen LogP contribution in [-0.4, -0.2) is 15.6 Å². The number of fused-ring (bicyclic) bond motifs is 1. The summed E-state index contributed by atoms with van der Waals surface area (Å²) in [6, 6.07) is 0.305. The number of aryl methyl sites for hydroxylation is 1. The summed E-state index contributed by atoms with van der Waals surface area (Å²) in [6.07, 6.45) is 4.32. The van der Waals surface area contributed by atoms with Crippen LogP contribution < -0.4 is 5.73 Å². The number of aromatic nitrogens is 2. The average molecular weight is 258 g/mol. The van der Waals surface area contributed by atoms with Gasteiger partial charge in [-0.3, -0.25) is 0 Å². The highest BCUT2D eigenvalue weighted by molar-refractivity contribution is 9.10. The zero-order valence-corrected chi connectivity index (χ0v) is 10.0. The molecule has 1 unspecified atom stereocenters. The second kappa shape index (κ2) is 4.03. The van der Waals surface area contributed by atoms with Gasteiger partial charge in [0.05, 0.1) is 5.69 Å². The van der Waals surface area contributed by atoms with Gasteiger partial charge in [0.15, 0.2) is 0 Å². The molecule has 0 saturated heterocycles. The molecule has 0 fully saturated rings. The summed E-state index contributed by atoms with van der Waals surface area (Å²) in [6.45, 7) is 3.11. The highest BCUT2D eigenvalue weighted by atomic mass is 79.9. The minimum Gasteiger partial charge on any atom is -0.329 e. The van der Waals surface area contributed by atoms with E-state index in [4.69, 9.17) is 5.73 Å². The van der Waals surface area contributed by atoms with E-state index in [1.165, 1.54) is 11.5 Å². The molecule has 1 aromatic rings. The molecular formula is C10H16BrN3. The zero-order chi connectivity index (χ0) is 10.1. The van der Waals surface area contributed by atoms with E-state index >= 15 is 0 Å². The number of rotatable bonds is 2.